The largest absolute Gasteiger partial charge is 0.481 e. The fourth-order valence-electron chi connectivity index (χ4n) is 3.20. The van der Waals surface area contributed by atoms with Crippen molar-refractivity contribution in [2.45, 2.75) is 18.9 Å². The van der Waals surface area contributed by atoms with E-state index in [1.165, 1.54) is 0 Å². The average Bonchev–Trinajstić information content (AvgIpc) is 2.70. The predicted molar refractivity (Wildman–Crippen MR) is 114 cm³/mol. The number of carbonyl (C=O) groups excluding carboxylic acids is 1. The summed E-state index contributed by atoms with van der Waals surface area (Å²) in [5, 5.41) is 17.7. The SMILES string of the molecule is CN1c2c(nc(N)[nH]c2=O)NC[C@@H]1CNc1ccc(C(=O)NCCCC(=O)O)cc1. The molecule has 0 aliphatic carbocycles. The smallest absolute Gasteiger partial charge is 0.303 e. The zero-order chi connectivity index (χ0) is 21.7. The third kappa shape index (κ3) is 4.99. The molecule has 1 aromatic carbocycles. The molecule has 11 heteroatoms. The molecule has 0 radical (unpaired) electrons. The molecule has 0 saturated carbocycles. The Kier molecular flexibility index (Phi) is 6.40. The number of carboxylic acids is 1. The summed E-state index contributed by atoms with van der Waals surface area (Å²) in [5.41, 5.74) is 7.06. The van der Waals surface area contributed by atoms with Crippen LogP contribution in [-0.4, -0.2) is 59.7 Å². The minimum atomic E-state index is -0.882. The first kappa shape index (κ1) is 21.0. The highest BCUT2D eigenvalue weighted by atomic mass is 16.4. The van der Waals surface area contributed by atoms with E-state index in [0.29, 0.717) is 43.1 Å². The van der Waals surface area contributed by atoms with Crippen molar-refractivity contribution < 1.29 is 14.7 Å². The number of nitrogens with zero attached hydrogens (tertiary/aromatic N) is 2. The molecule has 1 aliphatic rings. The average molecular weight is 415 g/mol. The molecule has 1 atom stereocenters. The van der Waals surface area contributed by atoms with Crippen LogP contribution < -0.4 is 32.1 Å². The molecule has 160 valence electrons. The molecule has 1 aliphatic heterocycles. The molecule has 0 unspecified atom stereocenters. The first-order valence-electron chi connectivity index (χ1n) is 9.55. The summed E-state index contributed by atoms with van der Waals surface area (Å²) in [6.45, 7) is 1.46. The van der Waals surface area contributed by atoms with Gasteiger partial charge in [0.05, 0.1) is 6.04 Å². The summed E-state index contributed by atoms with van der Waals surface area (Å²) < 4.78 is 0. The van der Waals surface area contributed by atoms with Crippen LogP contribution in [0.5, 0.6) is 0 Å². The Labute approximate surface area is 172 Å². The molecule has 1 aromatic heterocycles. The molecular weight excluding hydrogens is 390 g/mol. The second-order valence-corrected chi connectivity index (χ2v) is 7.01. The van der Waals surface area contributed by atoms with E-state index < -0.39 is 5.97 Å². The third-order valence-corrected chi connectivity index (χ3v) is 4.86. The third-order valence-electron chi connectivity index (χ3n) is 4.86. The topological polar surface area (TPSA) is 165 Å². The van der Waals surface area contributed by atoms with Gasteiger partial charge >= 0.3 is 5.97 Å². The van der Waals surface area contributed by atoms with Gasteiger partial charge in [-0.05, 0) is 30.7 Å². The van der Waals surface area contributed by atoms with Crippen molar-refractivity contribution in [1.82, 2.24) is 15.3 Å². The minimum absolute atomic E-state index is 0.00114. The summed E-state index contributed by atoms with van der Waals surface area (Å²) in [6.07, 6.45) is 0.408. The number of H-pyrrole nitrogens is 1. The quantitative estimate of drug-likeness (QED) is 0.332. The molecule has 2 heterocycles. The van der Waals surface area contributed by atoms with Crippen LogP contribution in [0.25, 0.3) is 0 Å². The van der Waals surface area contributed by atoms with E-state index in [1.807, 2.05) is 11.9 Å². The normalized spacial score (nSPS) is 15.1. The van der Waals surface area contributed by atoms with Crippen molar-refractivity contribution in [2.24, 2.45) is 0 Å². The summed E-state index contributed by atoms with van der Waals surface area (Å²) >= 11 is 0. The highest BCUT2D eigenvalue weighted by molar-refractivity contribution is 5.94. The molecule has 0 saturated heterocycles. The van der Waals surface area contributed by atoms with Crippen LogP contribution in [-0.2, 0) is 4.79 Å². The maximum atomic E-state index is 12.2. The van der Waals surface area contributed by atoms with Gasteiger partial charge in [-0.15, -0.1) is 0 Å². The van der Waals surface area contributed by atoms with Crippen LogP contribution in [0, 0.1) is 0 Å². The van der Waals surface area contributed by atoms with Crippen LogP contribution in [0.1, 0.15) is 23.2 Å². The van der Waals surface area contributed by atoms with Crippen LogP contribution in [0.3, 0.4) is 0 Å². The number of aliphatic carboxylic acids is 1. The summed E-state index contributed by atoms with van der Waals surface area (Å²) in [6, 6.07) is 6.99. The number of aromatic nitrogens is 2. The van der Waals surface area contributed by atoms with Crippen LogP contribution in [0.4, 0.5) is 23.1 Å². The number of hydrogen-bond donors (Lipinski definition) is 6. The van der Waals surface area contributed by atoms with Gasteiger partial charge in [0.15, 0.2) is 5.82 Å². The van der Waals surface area contributed by atoms with E-state index in [0.717, 1.165) is 5.69 Å². The Morgan fingerprint density at radius 1 is 1.33 bits per heavy atom. The fourth-order valence-corrected chi connectivity index (χ4v) is 3.20. The number of likely N-dealkylation sites (N-methyl/N-ethyl adjacent to an activating group) is 1. The Bertz CT molecular complexity index is 974. The van der Waals surface area contributed by atoms with Gasteiger partial charge in [-0.25, -0.2) is 0 Å². The standard InChI is InChI=1S/C19H25N7O4/c1-26-13(10-23-16-15(26)18(30)25-19(20)24-16)9-22-12-6-4-11(5-7-12)17(29)21-8-2-3-14(27)28/h4-7,13,22H,2-3,8-10H2,1H3,(H,21,29)(H,27,28)(H4,20,23,24,25,30)/t13-/m0/s1. The molecule has 3 rings (SSSR count). The molecule has 1 amide bonds. The van der Waals surface area contributed by atoms with Crippen LogP contribution in [0.2, 0.25) is 0 Å². The molecular formula is C19H25N7O4. The molecule has 0 spiro atoms. The lowest BCUT2D eigenvalue weighted by atomic mass is 10.1. The van der Waals surface area contributed by atoms with Gasteiger partial charge in [0, 0.05) is 44.4 Å². The lowest BCUT2D eigenvalue weighted by Gasteiger charge is -2.35. The van der Waals surface area contributed by atoms with E-state index in [4.69, 9.17) is 10.8 Å². The number of carboxylic acid groups (broad SMARTS) is 1. The van der Waals surface area contributed by atoms with Crippen molar-refractivity contribution in [3.63, 3.8) is 0 Å². The summed E-state index contributed by atoms with van der Waals surface area (Å²) in [5.74, 6) is -0.589. The highest BCUT2D eigenvalue weighted by Gasteiger charge is 2.27. The zero-order valence-electron chi connectivity index (χ0n) is 16.6. The Hall–Kier alpha value is -3.76. The first-order chi connectivity index (χ1) is 14.3. The second-order valence-electron chi connectivity index (χ2n) is 7.01. The number of aromatic amines is 1. The van der Waals surface area contributed by atoms with E-state index in [1.54, 1.807) is 24.3 Å². The van der Waals surface area contributed by atoms with Crippen LogP contribution in [0.15, 0.2) is 29.1 Å². The number of fused-ring (bicyclic) bond motifs is 1. The van der Waals surface area contributed by atoms with E-state index >= 15 is 0 Å². The lowest BCUT2D eigenvalue weighted by molar-refractivity contribution is -0.137. The number of nitrogens with two attached hydrogens (primary N) is 1. The van der Waals surface area contributed by atoms with Gasteiger partial charge in [0.2, 0.25) is 5.95 Å². The number of anilines is 4. The maximum absolute atomic E-state index is 12.2. The second kappa shape index (κ2) is 9.16. The molecule has 2 aromatic rings. The molecule has 7 N–H and O–H groups in total. The fraction of sp³-hybridized carbons (Fsp3) is 0.368. The van der Waals surface area contributed by atoms with E-state index in [-0.39, 0.29) is 29.9 Å². The predicted octanol–water partition coefficient (Wildman–Crippen LogP) is 0.289. The van der Waals surface area contributed by atoms with Gasteiger partial charge in [0.25, 0.3) is 11.5 Å². The summed E-state index contributed by atoms with van der Waals surface area (Å²) in [4.78, 5) is 43.3. The maximum Gasteiger partial charge on any atom is 0.303 e. The monoisotopic (exact) mass is 415 g/mol. The van der Waals surface area contributed by atoms with E-state index in [9.17, 15) is 14.4 Å². The van der Waals surface area contributed by atoms with Crippen molar-refractivity contribution in [3.05, 3.63) is 40.2 Å². The van der Waals surface area contributed by atoms with Crippen molar-refractivity contribution >= 4 is 35.0 Å². The first-order valence-corrected chi connectivity index (χ1v) is 9.55. The number of nitrogen functional groups attached to an aromatic ring is 1. The van der Waals surface area contributed by atoms with Gasteiger partial charge < -0.3 is 31.7 Å². The van der Waals surface area contributed by atoms with Crippen molar-refractivity contribution in [2.75, 3.05) is 47.9 Å². The van der Waals surface area contributed by atoms with Gasteiger partial charge in [-0.2, -0.15) is 4.98 Å². The van der Waals surface area contributed by atoms with Crippen molar-refractivity contribution in [1.29, 1.82) is 0 Å². The highest BCUT2D eigenvalue weighted by Crippen LogP contribution is 2.25. The summed E-state index contributed by atoms with van der Waals surface area (Å²) in [7, 11) is 1.83. The number of amides is 1. The Morgan fingerprint density at radius 3 is 2.77 bits per heavy atom. The number of hydrogen-bond acceptors (Lipinski definition) is 8. The van der Waals surface area contributed by atoms with Gasteiger partial charge in [0.1, 0.15) is 5.69 Å². The number of nitrogens with one attached hydrogen (secondary N) is 4. The Morgan fingerprint density at radius 2 is 2.07 bits per heavy atom. The molecule has 0 bridgehead atoms. The van der Waals surface area contributed by atoms with Crippen LogP contribution >= 0.6 is 0 Å². The van der Waals surface area contributed by atoms with Gasteiger partial charge in [-0.1, -0.05) is 0 Å². The molecule has 0 fully saturated rings. The molecule has 11 nitrogen and oxygen atoms in total. The number of carbonyl (C=O) groups is 2. The Balaban J connectivity index is 1.53. The lowest BCUT2D eigenvalue weighted by Crippen LogP contribution is -2.48. The number of benzene rings is 1. The van der Waals surface area contributed by atoms with Gasteiger partial charge in [-0.3, -0.25) is 19.4 Å². The van der Waals surface area contributed by atoms with E-state index in [2.05, 4.69) is 25.9 Å². The number of rotatable bonds is 8. The zero-order valence-corrected chi connectivity index (χ0v) is 16.6. The molecule has 30 heavy (non-hydrogen) atoms. The minimum Gasteiger partial charge on any atom is -0.481 e. The van der Waals surface area contributed by atoms with Crippen molar-refractivity contribution in [3.8, 4) is 0 Å².